The standard InChI is InChI=1S/C11H18N4O/c1-8-7-13-9(2)11(14-8)12-6-5-10(16)15(3)4/h7H,5-6H2,1-4H3,(H,12,14). The van der Waals surface area contributed by atoms with E-state index in [2.05, 4.69) is 15.3 Å². The Balaban J connectivity index is 2.49. The van der Waals surface area contributed by atoms with E-state index in [4.69, 9.17) is 0 Å². The molecule has 0 aliphatic rings. The van der Waals surface area contributed by atoms with Gasteiger partial charge in [-0.2, -0.15) is 0 Å². The maximum absolute atomic E-state index is 11.3. The third kappa shape index (κ3) is 3.49. The summed E-state index contributed by atoms with van der Waals surface area (Å²) >= 11 is 0. The molecule has 1 heterocycles. The molecule has 0 radical (unpaired) electrons. The second-order valence-electron chi connectivity index (χ2n) is 3.91. The lowest BCUT2D eigenvalue weighted by Crippen LogP contribution is -2.24. The minimum atomic E-state index is 0.103. The number of anilines is 1. The van der Waals surface area contributed by atoms with Gasteiger partial charge in [-0.15, -0.1) is 0 Å². The quantitative estimate of drug-likeness (QED) is 0.825. The fourth-order valence-electron chi connectivity index (χ4n) is 1.22. The molecule has 0 bridgehead atoms. The number of hydrogen-bond donors (Lipinski definition) is 1. The molecule has 1 rings (SSSR count). The minimum absolute atomic E-state index is 0.103. The van der Waals surface area contributed by atoms with Crippen LogP contribution in [0.5, 0.6) is 0 Å². The molecule has 1 aromatic heterocycles. The van der Waals surface area contributed by atoms with Crippen LogP contribution < -0.4 is 5.32 Å². The van der Waals surface area contributed by atoms with E-state index in [1.807, 2.05) is 13.8 Å². The number of nitrogens with zero attached hydrogens (tertiary/aromatic N) is 3. The van der Waals surface area contributed by atoms with Crippen molar-refractivity contribution < 1.29 is 4.79 Å². The molecule has 0 unspecified atom stereocenters. The zero-order valence-electron chi connectivity index (χ0n) is 10.2. The summed E-state index contributed by atoms with van der Waals surface area (Å²) < 4.78 is 0. The maximum atomic E-state index is 11.3. The van der Waals surface area contributed by atoms with Crippen molar-refractivity contribution in [3.05, 3.63) is 17.6 Å². The Morgan fingerprint density at radius 1 is 1.44 bits per heavy atom. The summed E-state index contributed by atoms with van der Waals surface area (Å²) in [7, 11) is 3.50. The topological polar surface area (TPSA) is 58.1 Å². The van der Waals surface area contributed by atoms with Crippen LogP contribution in [0, 0.1) is 13.8 Å². The van der Waals surface area contributed by atoms with Gasteiger partial charge in [0.25, 0.3) is 0 Å². The Morgan fingerprint density at radius 3 is 2.75 bits per heavy atom. The zero-order chi connectivity index (χ0) is 12.1. The molecular weight excluding hydrogens is 204 g/mol. The van der Waals surface area contributed by atoms with Crippen molar-refractivity contribution in [2.75, 3.05) is 26.0 Å². The van der Waals surface area contributed by atoms with Gasteiger partial charge < -0.3 is 10.2 Å². The van der Waals surface area contributed by atoms with Crippen LogP contribution in [-0.2, 0) is 4.79 Å². The van der Waals surface area contributed by atoms with Crippen LogP contribution in [0.15, 0.2) is 6.20 Å². The molecule has 0 aliphatic carbocycles. The number of aryl methyl sites for hydroxylation is 2. The highest BCUT2D eigenvalue weighted by Gasteiger charge is 2.05. The lowest BCUT2D eigenvalue weighted by atomic mass is 10.3. The first-order chi connectivity index (χ1) is 7.50. The van der Waals surface area contributed by atoms with Crippen molar-refractivity contribution in [1.29, 1.82) is 0 Å². The average molecular weight is 222 g/mol. The van der Waals surface area contributed by atoms with Crippen molar-refractivity contribution in [3.63, 3.8) is 0 Å². The molecule has 0 saturated heterocycles. The maximum Gasteiger partial charge on any atom is 0.223 e. The number of aromatic nitrogens is 2. The van der Waals surface area contributed by atoms with Gasteiger partial charge >= 0.3 is 0 Å². The fourth-order valence-corrected chi connectivity index (χ4v) is 1.22. The van der Waals surface area contributed by atoms with Crippen LogP contribution in [0.3, 0.4) is 0 Å². The van der Waals surface area contributed by atoms with E-state index < -0.39 is 0 Å². The first-order valence-electron chi connectivity index (χ1n) is 5.25. The first-order valence-corrected chi connectivity index (χ1v) is 5.25. The van der Waals surface area contributed by atoms with Gasteiger partial charge in [0.1, 0.15) is 5.82 Å². The summed E-state index contributed by atoms with van der Waals surface area (Å²) in [6.07, 6.45) is 2.19. The molecule has 5 nitrogen and oxygen atoms in total. The van der Waals surface area contributed by atoms with Gasteiger partial charge in [-0.1, -0.05) is 0 Å². The Hall–Kier alpha value is -1.65. The van der Waals surface area contributed by atoms with Crippen LogP contribution in [0.1, 0.15) is 17.8 Å². The molecule has 88 valence electrons. The van der Waals surface area contributed by atoms with Crippen molar-refractivity contribution in [3.8, 4) is 0 Å². The second kappa shape index (κ2) is 5.44. The van der Waals surface area contributed by atoms with Gasteiger partial charge in [-0.05, 0) is 13.8 Å². The number of rotatable bonds is 4. The lowest BCUT2D eigenvalue weighted by molar-refractivity contribution is -0.128. The second-order valence-corrected chi connectivity index (χ2v) is 3.91. The predicted molar refractivity (Wildman–Crippen MR) is 63.3 cm³/mol. The van der Waals surface area contributed by atoms with Crippen LogP contribution in [0.4, 0.5) is 5.82 Å². The van der Waals surface area contributed by atoms with Crippen molar-refractivity contribution in [2.45, 2.75) is 20.3 Å². The normalized spacial score (nSPS) is 10.0. The molecule has 0 aliphatic heterocycles. The molecule has 0 atom stereocenters. The van der Waals surface area contributed by atoms with Crippen molar-refractivity contribution in [1.82, 2.24) is 14.9 Å². The van der Waals surface area contributed by atoms with E-state index in [0.29, 0.717) is 13.0 Å². The third-order valence-electron chi connectivity index (χ3n) is 2.21. The number of amides is 1. The number of nitrogens with one attached hydrogen (secondary N) is 1. The highest BCUT2D eigenvalue weighted by Crippen LogP contribution is 2.08. The van der Waals surface area contributed by atoms with Gasteiger partial charge in [0.05, 0.1) is 11.4 Å². The van der Waals surface area contributed by atoms with Crippen LogP contribution in [0.25, 0.3) is 0 Å². The summed E-state index contributed by atoms with van der Waals surface area (Å²) in [5.74, 6) is 0.859. The summed E-state index contributed by atoms with van der Waals surface area (Å²) in [5.41, 5.74) is 1.72. The summed E-state index contributed by atoms with van der Waals surface area (Å²) in [6.45, 7) is 4.36. The fraction of sp³-hybridized carbons (Fsp3) is 0.545. The molecule has 0 fully saturated rings. The van der Waals surface area contributed by atoms with Gasteiger partial charge in [0, 0.05) is 33.3 Å². The highest BCUT2D eigenvalue weighted by atomic mass is 16.2. The van der Waals surface area contributed by atoms with Gasteiger partial charge in [-0.25, -0.2) is 4.98 Å². The minimum Gasteiger partial charge on any atom is -0.368 e. The van der Waals surface area contributed by atoms with E-state index in [0.717, 1.165) is 17.2 Å². The average Bonchev–Trinajstić information content (AvgIpc) is 2.22. The molecule has 1 aromatic rings. The Bertz CT molecular complexity index is 376. The Labute approximate surface area is 95.9 Å². The summed E-state index contributed by atoms with van der Waals surface area (Å²) in [5, 5.41) is 3.12. The molecule has 1 N–H and O–H groups in total. The molecule has 16 heavy (non-hydrogen) atoms. The van der Waals surface area contributed by atoms with E-state index in [9.17, 15) is 4.79 Å². The van der Waals surface area contributed by atoms with Crippen molar-refractivity contribution in [2.24, 2.45) is 0 Å². The van der Waals surface area contributed by atoms with E-state index in [1.54, 1.807) is 25.2 Å². The molecule has 0 aromatic carbocycles. The molecule has 1 amide bonds. The van der Waals surface area contributed by atoms with Gasteiger partial charge in [0.2, 0.25) is 5.91 Å². The van der Waals surface area contributed by atoms with Crippen LogP contribution in [-0.4, -0.2) is 41.4 Å². The first kappa shape index (κ1) is 12.4. The number of hydrogen-bond acceptors (Lipinski definition) is 4. The Morgan fingerprint density at radius 2 is 2.12 bits per heavy atom. The highest BCUT2D eigenvalue weighted by molar-refractivity contribution is 5.76. The largest absolute Gasteiger partial charge is 0.368 e. The van der Waals surface area contributed by atoms with Crippen molar-refractivity contribution >= 4 is 11.7 Å². The van der Waals surface area contributed by atoms with Crippen LogP contribution >= 0.6 is 0 Å². The molecule has 5 heteroatoms. The molecular formula is C11H18N4O. The van der Waals surface area contributed by atoms with Crippen LogP contribution in [0.2, 0.25) is 0 Å². The number of carbonyl (C=O) groups is 1. The van der Waals surface area contributed by atoms with E-state index >= 15 is 0 Å². The third-order valence-corrected chi connectivity index (χ3v) is 2.21. The monoisotopic (exact) mass is 222 g/mol. The molecule has 0 spiro atoms. The predicted octanol–water partition coefficient (Wildman–Crippen LogP) is 0.984. The lowest BCUT2D eigenvalue weighted by Gasteiger charge is -2.11. The van der Waals surface area contributed by atoms with Gasteiger partial charge in [0.15, 0.2) is 0 Å². The van der Waals surface area contributed by atoms with E-state index in [1.165, 1.54) is 0 Å². The summed E-state index contributed by atoms with van der Waals surface area (Å²) in [4.78, 5) is 21.4. The van der Waals surface area contributed by atoms with E-state index in [-0.39, 0.29) is 5.91 Å². The number of carbonyl (C=O) groups excluding carboxylic acids is 1. The zero-order valence-corrected chi connectivity index (χ0v) is 10.2. The Kier molecular flexibility index (Phi) is 4.22. The van der Waals surface area contributed by atoms with Gasteiger partial charge in [-0.3, -0.25) is 9.78 Å². The summed E-state index contributed by atoms with van der Waals surface area (Å²) in [6, 6.07) is 0. The smallest absolute Gasteiger partial charge is 0.223 e. The molecule has 0 saturated carbocycles. The SMILES string of the molecule is Cc1cnc(C)c(NCCC(=O)N(C)C)n1.